The average molecular weight is 791 g/mol. The van der Waals surface area contributed by atoms with E-state index >= 15 is 0 Å². The molecule has 5 atom stereocenters. The number of nitrogens with one attached hydrogen (secondary N) is 5. The van der Waals surface area contributed by atoms with Crippen LogP contribution in [0.5, 0.6) is 5.75 Å². The minimum atomic E-state index is -1.12. The van der Waals surface area contributed by atoms with Crippen LogP contribution in [0.15, 0.2) is 67.1 Å². The third-order valence-electron chi connectivity index (χ3n) is 10.5. The van der Waals surface area contributed by atoms with Gasteiger partial charge < -0.3 is 45.9 Å². The number of aliphatic hydroxyl groups excluding tert-OH is 2. The number of amides is 4. The number of aliphatic hydroxyl groups is 2. The first-order valence-electron chi connectivity index (χ1n) is 20.1. The summed E-state index contributed by atoms with van der Waals surface area (Å²) in [5.74, 6) is -0.768. The van der Waals surface area contributed by atoms with Crippen molar-refractivity contribution < 1.29 is 38.9 Å². The average Bonchev–Trinajstić information content (AvgIpc) is 3.70. The lowest BCUT2D eigenvalue weighted by atomic mass is 9.82. The van der Waals surface area contributed by atoms with Crippen molar-refractivity contribution in [2.75, 3.05) is 7.11 Å². The van der Waals surface area contributed by atoms with Crippen molar-refractivity contribution in [1.29, 1.82) is 0 Å². The summed E-state index contributed by atoms with van der Waals surface area (Å²) in [6.07, 6.45) is 6.51. The van der Waals surface area contributed by atoms with E-state index in [1.165, 1.54) is 6.33 Å². The highest BCUT2D eigenvalue weighted by Crippen LogP contribution is 2.29. The van der Waals surface area contributed by atoms with Gasteiger partial charge in [-0.1, -0.05) is 88.4 Å². The van der Waals surface area contributed by atoms with E-state index in [1.807, 2.05) is 44.2 Å². The third-order valence-corrected chi connectivity index (χ3v) is 10.5. The number of carbonyl (C=O) groups is 4. The first-order valence-corrected chi connectivity index (χ1v) is 20.1. The molecule has 57 heavy (non-hydrogen) atoms. The Balaban J connectivity index is 1.51. The minimum absolute atomic E-state index is 0.0592. The number of alkyl carbamates (subject to hydrolysis) is 1. The van der Waals surface area contributed by atoms with E-state index in [-0.39, 0.29) is 38.2 Å². The fourth-order valence-corrected chi connectivity index (χ4v) is 7.09. The predicted octanol–water partition coefficient (Wildman–Crippen LogP) is 4.49. The normalized spacial score (nSPS) is 16.1. The van der Waals surface area contributed by atoms with Crippen LogP contribution in [0.25, 0.3) is 0 Å². The van der Waals surface area contributed by atoms with Crippen molar-refractivity contribution in [3.8, 4) is 5.75 Å². The van der Waals surface area contributed by atoms with Gasteiger partial charge >= 0.3 is 6.09 Å². The Morgan fingerprint density at radius 2 is 1.53 bits per heavy atom. The molecular weight excluding hydrogens is 729 g/mol. The van der Waals surface area contributed by atoms with Crippen LogP contribution in [-0.2, 0) is 38.6 Å². The molecule has 1 aromatic heterocycles. The Morgan fingerprint density at radius 3 is 2.16 bits per heavy atom. The van der Waals surface area contributed by atoms with E-state index in [0.717, 1.165) is 43.2 Å². The van der Waals surface area contributed by atoms with Crippen LogP contribution in [0.4, 0.5) is 4.79 Å². The first-order chi connectivity index (χ1) is 27.2. The van der Waals surface area contributed by atoms with Crippen LogP contribution < -0.4 is 26.0 Å². The van der Waals surface area contributed by atoms with Crippen LogP contribution in [0.1, 0.15) is 95.9 Å². The maximum Gasteiger partial charge on any atom is 0.407 e. The maximum absolute atomic E-state index is 14.2. The lowest BCUT2D eigenvalue weighted by Gasteiger charge is -2.33. The maximum atomic E-state index is 14.2. The second-order valence-electron chi connectivity index (χ2n) is 16.2. The van der Waals surface area contributed by atoms with E-state index in [0.29, 0.717) is 23.8 Å². The third kappa shape index (κ3) is 15.5. The molecule has 14 heteroatoms. The van der Waals surface area contributed by atoms with Gasteiger partial charge in [-0.2, -0.15) is 0 Å². The van der Waals surface area contributed by atoms with Crippen molar-refractivity contribution in [1.82, 2.24) is 31.2 Å². The summed E-state index contributed by atoms with van der Waals surface area (Å²) < 4.78 is 10.7. The van der Waals surface area contributed by atoms with Crippen LogP contribution in [0.3, 0.4) is 0 Å². The lowest BCUT2D eigenvalue weighted by molar-refractivity contribution is -0.133. The Morgan fingerprint density at radius 1 is 0.860 bits per heavy atom. The smallest absolute Gasteiger partial charge is 0.407 e. The van der Waals surface area contributed by atoms with Crippen molar-refractivity contribution in [2.45, 2.75) is 134 Å². The van der Waals surface area contributed by atoms with Crippen LogP contribution in [-0.4, -0.2) is 87.0 Å². The molecule has 2 aromatic carbocycles. The number of hydrogen-bond donors (Lipinski definition) is 7. The highest BCUT2D eigenvalue weighted by atomic mass is 16.5. The van der Waals surface area contributed by atoms with E-state index in [9.17, 15) is 29.4 Å². The quantitative estimate of drug-likeness (QED) is 0.0812. The number of carbonyl (C=O) groups excluding carboxylic acids is 4. The molecule has 0 aliphatic heterocycles. The van der Waals surface area contributed by atoms with Crippen LogP contribution in [0, 0.1) is 11.8 Å². The number of rotatable bonds is 21. The van der Waals surface area contributed by atoms with Gasteiger partial charge in [0, 0.05) is 43.1 Å². The largest absolute Gasteiger partial charge is 0.497 e. The fraction of sp³-hybridized carbons (Fsp3) is 0.558. The van der Waals surface area contributed by atoms with Gasteiger partial charge in [-0.25, -0.2) is 9.78 Å². The van der Waals surface area contributed by atoms with Gasteiger partial charge in [0.05, 0.1) is 31.7 Å². The van der Waals surface area contributed by atoms with E-state index in [2.05, 4.69) is 31.2 Å². The summed E-state index contributed by atoms with van der Waals surface area (Å²) in [5.41, 5.74) is 1.10. The first kappa shape index (κ1) is 44.8. The van der Waals surface area contributed by atoms with Gasteiger partial charge in [-0.05, 0) is 55.4 Å². The molecule has 4 rings (SSSR count). The van der Waals surface area contributed by atoms with Gasteiger partial charge in [0.25, 0.3) is 0 Å². The molecule has 0 bridgehead atoms. The summed E-state index contributed by atoms with van der Waals surface area (Å²) in [7, 11) is 1.55. The van der Waals surface area contributed by atoms with Gasteiger partial charge in [-0.15, -0.1) is 0 Å². The van der Waals surface area contributed by atoms with Gasteiger partial charge in [0.15, 0.2) is 0 Å². The van der Waals surface area contributed by atoms with Gasteiger partial charge in [-0.3, -0.25) is 14.4 Å². The summed E-state index contributed by atoms with van der Waals surface area (Å²) in [6.45, 7) is 7.17. The Hall–Kier alpha value is -4.95. The number of nitrogens with zero attached hydrogens (tertiary/aromatic N) is 1. The standard InChI is InChI=1S/C43H62N6O8/c1-28(2)37(50)23-38(51)34(20-29-12-8-6-9-13-29)47-41(54)36(22-32-25-44-27-45-32)48-40(53)35(21-30-16-18-33(56-5)19-17-30)46-39(52)24-43(3,4)49-42(55)57-26-31-14-10-7-11-15-31/h7,10-11,14-19,25,27-29,34-38,50-51H,6,8-9,12-13,20-24,26H2,1-5H3,(H,44,45)(H,46,52)(H,47,54)(H,48,53)(H,49,55)/t34-,35-,36-,37?,38?/m0/s1. The lowest BCUT2D eigenvalue weighted by Crippen LogP contribution is -2.58. The molecule has 1 aliphatic carbocycles. The van der Waals surface area contributed by atoms with Crippen molar-refractivity contribution in [3.63, 3.8) is 0 Å². The Labute approximate surface area is 336 Å². The zero-order chi connectivity index (χ0) is 41.4. The second kappa shape index (κ2) is 22.1. The number of aromatic amines is 1. The van der Waals surface area contributed by atoms with Crippen molar-refractivity contribution in [3.05, 3.63) is 83.9 Å². The summed E-state index contributed by atoms with van der Waals surface area (Å²) in [5, 5.41) is 33.5. The molecule has 0 spiro atoms. The number of methoxy groups -OCH3 is 1. The van der Waals surface area contributed by atoms with E-state index in [1.54, 1.807) is 51.4 Å². The topological polar surface area (TPSA) is 204 Å². The number of hydrogen-bond acceptors (Lipinski definition) is 9. The number of benzene rings is 2. The molecule has 3 aromatic rings. The van der Waals surface area contributed by atoms with E-state index in [4.69, 9.17) is 9.47 Å². The Bertz CT molecular complexity index is 1680. The van der Waals surface area contributed by atoms with Crippen LogP contribution >= 0.6 is 0 Å². The number of H-pyrrole nitrogens is 1. The SMILES string of the molecule is COc1ccc(C[C@H](NC(=O)CC(C)(C)NC(=O)OCc2ccccc2)C(=O)N[C@@H](Cc2cnc[nH]2)C(=O)N[C@@H](CC2CCCCC2)C(O)CC(O)C(C)C)cc1. The van der Waals surface area contributed by atoms with Gasteiger partial charge in [0.2, 0.25) is 17.7 Å². The number of imidazole rings is 1. The number of ether oxygens (including phenoxy) is 2. The highest BCUT2D eigenvalue weighted by molar-refractivity contribution is 5.92. The van der Waals surface area contributed by atoms with Gasteiger partial charge in [0.1, 0.15) is 24.4 Å². The molecule has 312 valence electrons. The molecule has 1 heterocycles. The molecular formula is C43H62N6O8. The minimum Gasteiger partial charge on any atom is -0.497 e. The molecule has 1 aliphatic rings. The molecule has 4 amide bonds. The highest BCUT2D eigenvalue weighted by Gasteiger charge is 2.34. The fourth-order valence-electron chi connectivity index (χ4n) is 7.09. The molecule has 0 saturated heterocycles. The molecule has 0 radical (unpaired) electrons. The molecule has 14 nitrogen and oxygen atoms in total. The number of aromatic nitrogens is 2. The molecule has 1 fully saturated rings. The predicted molar refractivity (Wildman–Crippen MR) is 216 cm³/mol. The van der Waals surface area contributed by atoms with Crippen LogP contribution in [0.2, 0.25) is 0 Å². The summed E-state index contributed by atoms with van der Waals surface area (Å²) in [6, 6.07) is 13.4. The zero-order valence-electron chi connectivity index (χ0n) is 34.0. The Kier molecular flexibility index (Phi) is 17.4. The molecule has 1 saturated carbocycles. The second-order valence-corrected chi connectivity index (χ2v) is 16.2. The monoisotopic (exact) mass is 790 g/mol. The summed E-state index contributed by atoms with van der Waals surface area (Å²) >= 11 is 0. The van der Waals surface area contributed by atoms with Crippen molar-refractivity contribution in [2.24, 2.45) is 11.8 Å². The zero-order valence-corrected chi connectivity index (χ0v) is 34.0. The molecule has 7 N–H and O–H groups in total. The summed E-state index contributed by atoms with van der Waals surface area (Å²) in [4.78, 5) is 61.8. The van der Waals surface area contributed by atoms with Crippen molar-refractivity contribution >= 4 is 23.8 Å². The van der Waals surface area contributed by atoms with E-state index < -0.39 is 59.7 Å². The molecule has 2 unspecified atom stereocenters.